The van der Waals surface area contributed by atoms with E-state index < -0.39 is 0 Å². The quantitative estimate of drug-likeness (QED) is 0.626. The van der Waals surface area contributed by atoms with Gasteiger partial charge in [0.15, 0.2) is 0 Å². The van der Waals surface area contributed by atoms with Gasteiger partial charge in [-0.1, -0.05) is 5.21 Å². The van der Waals surface area contributed by atoms with Gasteiger partial charge < -0.3 is 0 Å². The van der Waals surface area contributed by atoms with E-state index in [0.29, 0.717) is 6.42 Å². The van der Waals surface area contributed by atoms with Crippen LogP contribution in [0, 0.1) is 0 Å². The first kappa shape index (κ1) is 7.18. The molecule has 0 spiro atoms. The molecule has 0 bridgehead atoms. The first-order valence-corrected chi connectivity index (χ1v) is 3.31. The van der Waals surface area contributed by atoms with Crippen LogP contribution < -0.4 is 0 Å². The fourth-order valence-electron chi connectivity index (χ4n) is 0.704. The lowest BCUT2D eigenvalue weighted by atomic mass is 10.4. The van der Waals surface area contributed by atoms with Crippen molar-refractivity contribution in [2.24, 2.45) is 0 Å². The zero-order chi connectivity index (χ0) is 7.40. The molecule has 3 nitrogen and oxygen atoms in total. The molecule has 0 fully saturated rings. The molecule has 0 aromatic carbocycles. The molecule has 0 N–H and O–H groups in total. The lowest BCUT2D eigenvalue weighted by Crippen LogP contribution is -1.93. The van der Waals surface area contributed by atoms with Crippen LogP contribution in [0.25, 0.3) is 0 Å². The minimum Gasteiger partial charge on any atom is -0.253 e. The summed E-state index contributed by atoms with van der Waals surface area (Å²) in [6, 6.07) is 0. The number of nitrogens with zero attached hydrogens (tertiary/aromatic N) is 3. The Morgan fingerprint density at radius 1 is 1.70 bits per heavy atom. The van der Waals surface area contributed by atoms with Gasteiger partial charge >= 0.3 is 0 Å². The Labute approximate surface area is 58.9 Å². The summed E-state index contributed by atoms with van der Waals surface area (Å²) >= 11 is 0. The highest BCUT2D eigenvalue weighted by Crippen LogP contribution is 1.93. The van der Waals surface area contributed by atoms with Gasteiger partial charge in [-0.05, 0) is 6.92 Å². The molecule has 1 rings (SSSR count). The SMILES string of the molecule is CCn1cc(CCF)nn1. The lowest BCUT2D eigenvalue weighted by molar-refractivity contribution is 0.491. The molecule has 1 heterocycles. The first-order chi connectivity index (χ1) is 4.86. The van der Waals surface area contributed by atoms with Gasteiger partial charge in [0.25, 0.3) is 0 Å². The van der Waals surface area contributed by atoms with Crippen molar-refractivity contribution in [1.82, 2.24) is 15.0 Å². The van der Waals surface area contributed by atoms with E-state index in [4.69, 9.17) is 0 Å². The minimum atomic E-state index is -0.359. The molecule has 1 aromatic rings. The summed E-state index contributed by atoms with van der Waals surface area (Å²) in [6.45, 7) is 2.40. The second kappa shape index (κ2) is 3.29. The van der Waals surface area contributed by atoms with Crippen molar-refractivity contribution in [2.45, 2.75) is 19.9 Å². The van der Waals surface area contributed by atoms with Crippen LogP contribution >= 0.6 is 0 Å². The van der Waals surface area contributed by atoms with Crippen molar-refractivity contribution in [3.8, 4) is 0 Å². The Balaban J connectivity index is 2.59. The second-order valence-corrected chi connectivity index (χ2v) is 2.00. The number of halogens is 1. The van der Waals surface area contributed by atoms with Crippen LogP contribution in [0.1, 0.15) is 12.6 Å². The van der Waals surface area contributed by atoms with E-state index in [2.05, 4.69) is 10.3 Å². The van der Waals surface area contributed by atoms with E-state index in [1.807, 2.05) is 6.92 Å². The Bertz CT molecular complexity index is 197. The summed E-state index contributed by atoms with van der Waals surface area (Å²) in [5.74, 6) is 0. The standard InChI is InChI=1S/C6H10FN3/c1-2-10-5-6(3-4-7)8-9-10/h5H,2-4H2,1H3. The first-order valence-electron chi connectivity index (χ1n) is 3.31. The molecule has 10 heavy (non-hydrogen) atoms. The predicted octanol–water partition coefficient (Wildman–Crippen LogP) is 0.810. The number of aryl methyl sites for hydroxylation is 2. The van der Waals surface area contributed by atoms with Gasteiger partial charge in [0.2, 0.25) is 0 Å². The Hall–Kier alpha value is -0.930. The third kappa shape index (κ3) is 1.52. The smallest absolute Gasteiger partial charge is 0.0951 e. The molecular formula is C6H10FN3. The summed E-state index contributed by atoms with van der Waals surface area (Å²) in [6.07, 6.45) is 2.14. The summed E-state index contributed by atoms with van der Waals surface area (Å²) in [5.41, 5.74) is 0.726. The molecule has 0 radical (unpaired) electrons. The van der Waals surface area contributed by atoms with Crippen molar-refractivity contribution in [3.63, 3.8) is 0 Å². The summed E-state index contributed by atoms with van der Waals surface area (Å²) in [4.78, 5) is 0. The molecule has 56 valence electrons. The number of rotatable bonds is 3. The maximum atomic E-state index is 11.7. The zero-order valence-electron chi connectivity index (χ0n) is 5.92. The Morgan fingerprint density at radius 3 is 3.00 bits per heavy atom. The van der Waals surface area contributed by atoms with Crippen LogP contribution in [0.2, 0.25) is 0 Å². The van der Waals surface area contributed by atoms with Crippen LogP contribution in [0.5, 0.6) is 0 Å². The predicted molar refractivity (Wildman–Crippen MR) is 35.4 cm³/mol. The van der Waals surface area contributed by atoms with Gasteiger partial charge in [0, 0.05) is 19.2 Å². The average Bonchev–Trinajstić information content (AvgIpc) is 2.37. The normalized spacial score (nSPS) is 10.2. The van der Waals surface area contributed by atoms with E-state index in [1.165, 1.54) is 0 Å². The molecule has 0 amide bonds. The van der Waals surface area contributed by atoms with Gasteiger partial charge in [-0.3, -0.25) is 9.07 Å². The average molecular weight is 143 g/mol. The maximum absolute atomic E-state index is 11.7. The largest absolute Gasteiger partial charge is 0.253 e. The highest BCUT2D eigenvalue weighted by Gasteiger charge is 1.96. The van der Waals surface area contributed by atoms with Crippen LogP contribution in [0.4, 0.5) is 4.39 Å². The third-order valence-electron chi connectivity index (χ3n) is 1.26. The minimum absolute atomic E-state index is 0.359. The maximum Gasteiger partial charge on any atom is 0.0951 e. The molecule has 0 atom stereocenters. The van der Waals surface area contributed by atoms with Gasteiger partial charge in [-0.25, -0.2) is 0 Å². The van der Waals surface area contributed by atoms with Gasteiger partial charge in [-0.15, -0.1) is 5.10 Å². The van der Waals surface area contributed by atoms with Crippen molar-refractivity contribution < 1.29 is 4.39 Å². The van der Waals surface area contributed by atoms with Crippen molar-refractivity contribution in [3.05, 3.63) is 11.9 Å². The summed E-state index contributed by atoms with van der Waals surface area (Å²) in [7, 11) is 0. The van der Waals surface area contributed by atoms with Gasteiger partial charge in [0.05, 0.1) is 12.4 Å². The van der Waals surface area contributed by atoms with Crippen molar-refractivity contribution in [2.75, 3.05) is 6.67 Å². The van der Waals surface area contributed by atoms with Crippen LogP contribution in [0.15, 0.2) is 6.20 Å². The molecule has 0 aliphatic heterocycles. The van der Waals surface area contributed by atoms with Crippen molar-refractivity contribution in [1.29, 1.82) is 0 Å². The lowest BCUT2D eigenvalue weighted by Gasteiger charge is -1.87. The Morgan fingerprint density at radius 2 is 2.50 bits per heavy atom. The topological polar surface area (TPSA) is 30.7 Å². The fourth-order valence-corrected chi connectivity index (χ4v) is 0.704. The number of hydrogen-bond donors (Lipinski definition) is 0. The molecule has 4 heteroatoms. The molecular weight excluding hydrogens is 133 g/mol. The number of alkyl halides is 1. The third-order valence-corrected chi connectivity index (χ3v) is 1.26. The van der Waals surface area contributed by atoms with Crippen LogP contribution in [0.3, 0.4) is 0 Å². The van der Waals surface area contributed by atoms with Crippen LogP contribution in [-0.2, 0) is 13.0 Å². The molecule has 0 aliphatic rings. The van der Waals surface area contributed by atoms with E-state index in [1.54, 1.807) is 10.9 Å². The van der Waals surface area contributed by atoms with E-state index in [9.17, 15) is 4.39 Å². The molecule has 0 aliphatic carbocycles. The zero-order valence-corrected chi connectivity index (χ0v) is 5.92. The monoisotopic (exact) mass is 143 g/mol. The van der Waals surface area contributed by atoms with E-state index >= 15 is 0 Å². The van der Waals surface area contributed by atoms with E-state index in [0.717, 1.165) is 12.2 Å². The van der Waals surface area contributed by atoms with E-state index in [-0.39, 0.29) is 6.67 Å². The Kier molecular flexibility index (Phi) is 2.36. The highest BCUT2D eigenvalue weighted by atomic mass is 19.1. The second-order valence-electron chi connectivity index (χ2n) is 2.00. The summed E-state index contributed by atoms with van der Waals surface area (Å²) < 4.78 is 13.4. The molecule has 0 saturated heterocycles. The molecule has 0 saturated carbocycles. The highest BCUT2D eigenvalue weighted by molar-refractivity contribution is 4.91. The fraction of sp³-hybridized carbons (Fsp3) is 0.667. The molecule has 1 aromatic heterocycles. The number of aromatic nitrogens is 3. The summed E-state index contributed by atoms with van der Waals surface area (Å²) in [5, 5.41) is 7.50. The van der Waals surface area contributed by atoms with Crippen molar-refractivity contribution >= 4 is 0 Å². The number of hydrogen-bond acceptors (Lipinski definition) is 2. The molecule has 0 unspecified atom stereocenters. The van der Waals surface area contributed by atoms with Gasteiger partial charge in [0.1, 0.15) is 0 Å². The van der Waals surface area contributed by atoms with Gasteiger partial charge in [-0.2, -0.15) is 0 Å². The van der Waals surface area contributed by atoms with Crippen LogP contribution in [-0.4, -0.2) is 21.7 Å².